The third kappa shape index (κ3) is 4.27. The summed E-state index contributed by atoms with van der Waals surface area (Å²) in [6.07, 6.45) is 0.984. The van der Waals surface area contributed by atoms with Crippen molar-refractivity contribution in [2.75, 3.05) is 19.8 Å². The summed E-state index contributed by atoms with van der Waals surface area (Å²) in [5, 5.41) is 10.4. The number of nitrogens with zero attached hydrogens (tertiary/aromatic N) is 1. The molecule has 0 aromatic heterocycles. The molecule has 5 nitrogen and oxygen atoms in total. The zero-order valence-corrected chi connectivity index (χ0v) is 9.22. The van der Waals surface area contributed by atoms with Gasteiger partial charge in [-0.05, 0) is 18.6 Å². The molecule has 1 rings (SSSR count). The predicted octanol–water partition coefficient (Wildman–Crippen LogP) is 2.40. The van der Waals surface area contributed by atoms with E-state index < -0.39 is 4.92 Å². The first-order valence-electron chi connectivity index (χ1n) is 5.19. The Hall–Kier alpha value is -1.62. The second kappa shape index (κ2) is 6.79. The van der Waals surface area contributed by atoms with Crippen molar-refractivity contribution in [2.24, 2.45) is 0 Å². The minimum Gasteiger partial charge on any atom is -0.491 e. The molecule has 0 saturated carbocycles. The van der Waals surface area contributed by atoms with Crippen LogP contribution in [0.2, 0.25) is 0 Å². The Bertz CT molecular complexity index is 323. The Labute approximate surface area is 94.1 Å². The molecule has 16 heavy (non-hydrogen) atoms. The highest BCUT2D eigenvalue weighted by molar-refractivity contribution is 5.35. The molecule has 1 aromatic rings. The Kier molecular flexibility index (Phi) is 5.28. The average molecular weight is 225 g/mol. The van der Waals surface area contributed by atoms with Gasteiger partial charge in [-0.3, -0.25) is 10.1 Å². The molecule has 0 saturated heterocycles. The van der Waals surface area contributed by atoms with Crippen LogP contribution in [0.1, 0.15) is 13.3 Å². The first kappa shape index (κ1) is 12.4. The first-order valence-corrected chi connectivity index (χ1v) is 5.19. The van der Waals surface area contributed by atoms with Crippen LogP contribution in [-0.4, -0.2) is 24.7 Å². The fourth-order valence-electron chi connectivity index (χ4n) is 1.13. The molecular formula is C11H15NO4. The summed E-state index contributed by atoms with van der Waals surface area (Å²) in [4.78, 5) is 9.95. The highest BCUT2D eigenvalue weighted by Crippen LogP contribution is 2.16. The SMILES string of the molecule is CCCOCCOc1ccc([N+](=O)[O-])cc1. The van der Waals surface area contributed by atoms with E-state index in [4.69, 9.17) is 9.47 Å². The maximum Gasteiger partial charge on any atom is 0.269 e. The van der Waals surface area contributed by atoms with E-state index in [9.17, 15) is 10.1 Å². The molecule has 0 fully saturated rings. The molecule has 0 spiro atoms. The molecule has 88 valence electrons. The van der Waals surface area contributed by atoms with Crippen molar-refractivity contribution in [3.05, 3.63) is 34.4 Å². The summed E-state index contributed by atoms with van der Waals surface area (Å²) in [6, 6.07) is 6.00. The van der Waals surface area contributed by atoms with Crippen LogP contribution in [0.4, 0.5) is 5.69 Å². The van der Waals surface area contributed by atoms with Crippen LogP contribution in [0.25, 0.3) is 0 Å². The van der Waals surface area contributed by atoms with Gasteiger partial charge >= 0.3 is 0 Å². The Balaban J connectivity index is 2.29. The van der Waals surface area contributed by atoms with Gasteiger partial charge in [0.05, 0.1) is 11.5 Å². The monoisotopic (exact) mass is 225 g/mol. The van der Waals surface area contributed by atoms with Crippen LogP contribution >= 0.6 is 0 Å². The van der Waals surface area contributed by atoms with Crippen LogP contribution < -0.4 is 4.74 Å². The summed E-state index contributed by atoms with van der Waals surface area (Å²) >= 11 is 0. The fourth-order valence-corrected chi connectivity index (χ4v) is 1.13. The lowest BCUT2D eigenvalue weighted by molar-refractivity contribution is -0.384. The van der Waals surface area contributed by atoms with Crippen LogP contribution in [0.3, 0.4) is 0 Å². The topological polar surface area (TPSA) is 61.6 Å². The normalized spacial score (nSPS) is 10.1. The van der Waals surface area contributed by atoms with Crippen LogP contribution in [0, 0.1) is 10.1 Å². The molecule has 0 atom stereocenters. The van der Waals surface area contributed by atoms with E-state index in [0.29, 0.717) is 19.0 Å². The Morgan fingerprint density at radius 1 is 1.19 bits per heavy atom. The van der Waals surface area contributed by atoms with Gasteiger partial charge in [-0.1, -0.05) is 6.92 Å². The van der Waals surface area contributed by atoms with Gasteiger partial charge < -0.3 is 9.47 Å². The van der Waals surface area contributed by atoms with E-state index in [1.165, 1.54) is 12.1 Å². The zero-order valence-electron chi connectivity index (χ0n) is 9.22. The van der Waals surface area contributed by atoms with Crippen molar-refractivity contribution in [3.63, 3.8) is 0 Å². The van der Waals surface area contributed by atoms with E-state index in [-0.39, 0.29) is 5.69 Å². The van der Waals surface area contributed by atoms with Gasteiger partial charge in [0.1, 0.15) is 12.4 Å². The third-order valence-electron chi connectivity index (χ3n) is 1.89. The summed E-state index contributed by atoms with van der Waals surface area (Å²) in [5.41, 5.74) is 0.0644. The van der Waals surface area contributed by atoms with Crippen LogP contribution in [0.5, 0.6) is 5.75 Å². The Morgan fingerprint density at radius 2 is 1.88 bits per heavy atom. The number of rotatable bonds is 7. The van der Waals surface area contributed by atoms with Crippen molar-refractivity contribution in [3.8, 4) is 5.75 Å². The van der Waals surface area contributed by atoms with Gasteiger partial charge in [0.15, 0.2) is 0 Å². The maximum absolute atomic E-state index is 10.4. The molecule has 0 amide bonds. The lowest BCUT2D eigenvalue weighted by Crippen LogP contribution is -2.07. The van der Waals surface area contributed by atoms with Gasteiger partial charge in [-0.15, -0.1) is 0 Å². The fraction of sp³-hybridized carbons (Fsp3) is 0.455. The van der Waals surface area contributed by atoms with E-state index in [0.717, 1.165) is 13.0 Å². The molecule has 0 aliphatic heterocycles. The van der Waals surface area contributed by atoms with Crippen molar-refractivity contribution in [2.45, 2.75) is 13.3 Å². The van der Waals surface area contributed by atoms with Gasteiger partial charge in [0, 0.05) is 18.7 Å². The van der Waals surface area contributed by atoms with Crippen LogP contribution in [-0.2, 0) is 4.74 Å². The third-order valence-corrected chi connectivity index (χ3v) is 1.89. The number of non-ortho nitro benzene ring substituents is 1. The lowest BCUT2D eigenvalue weighted by atomic mass is 10.3. The van der Waals surface area contributed by atoms with Crippen molar-refractivity contribution < 1.29 is 14.4 Å². The minimum absolute atomic E-state index is 0.0644. The summed E-state index contributed by atoms with van der Waals surface area (Å²) in [7, 11) is 0. The smallest absolute Gasteiger partial charge is 0.269 e. The highest BCUT2D eigenvalue weighted by atomic mass is 16.6. The number of nitro groups is 1. The second-order valence-electron chi connectivity index (χ2n) is 3.21. The molecule has 1 aromatic carbocycles. The van der Waals surface area contributed by atoms with E-state index >= 15 is 0 Å². The largest absolute Gasteiger partial charge is 0.491 e. The quantitative estimate of drug-likeness (QED) is 0.406. The Morgan fingerprint density at radius 3 is 2.44 bits per heavy atom. The molecule has 0 radical (unpaired) electrons. The standard InChI is InChI=1S/C11H15NO4/c1-2-7-15-8-9-16-11-5-3-10(4-6-11)12(13)14/h3-6H,2,7-9H2,1H3. The molecule has 5 heteroatoms. The van der Waals surface area contributed by atoms with Crippen molar-refractivity contribution in [1.29, 1.82) is 0 Å². The predicted molar refractivity (Wildman–Crippen MR) is 59.7 cm³/mol. The summed E-state index contributed by atoms with van der Waals surface area (Å²) in [6.45, 7) is 3.75. The molecule has 0 unspecified atom stereocenters. The second-order valence-corrected chi connectivity index (χ2v) is 3.21. The highest BCUT2D eigenvalue weighted by Gasteiger charge is 2.03. The number of hydrogen-bond donors (Lipinski definition) is 0. The average Bonchev–Trinajstić information content (AvgIpc) is 2.29. The van der Waals surface area contributed by atoms with Gasteiger partial charge in [-0.2, -0.15) is 0 Å². The van der Waals surface area contributed by atoms with E-state index in [1.54, 1.807) is 12.1 Å². The number of ether oxygens (including phenoxy) is 2. The van der Waals surface area contributed by atoms with Gasteiger partial charge in [0.2, 0.25) is 0 Å². The number of nitro benzene ring substituents is 1. The zero-order chi connectivity index (χ0) is 11.8. The first-order chi connectivity index (χ1) is 7.74. The molecule has 0 heterocycles. The van der Waals surface area contributed by atoms with Crippen molar-refractivity contribution in [1.82, 2.24) is 0 Å². The number of benzene rings is 1. The summed E-state index contributed by atoms with van der Waals surface area (Å²) < 4.78 is 10.6. The van der Waals surface area contributed by atoms with E-state index in [2.05, 4.69) is 0 Å². The van der Waals surface area contributed by atoms with E-state index in [1.807, 2.05) is 6.92 Å². The molecule has 0 aliphatic carbocycles. The number of hydrogen-bond acceptors (Lipinski definition) is 4. The molecule has 0 bridgehead atoms. The van der Waals surface area contributed by atoms with Gasteiger partial charge in [-0.25, -0.2) is 0 Å². The van der Waals surface area contributed by atoms with Crippen molar-refractivity contribution >= 4 is 5.69 Å². The minimum atomic E-state index is -0.436. The summed E-state index contributed by atoms with van der Waals surface area (Å²) in [5.74, 6) is 0.616. The van der Waals surface area contributed by atoms with Crippen LogP contribution in [0.15, 0.2) is 24.3 Å². The lowest BCUT2D eigenvalue weighted by Gasteiger charge is -2.05. The molecule has 0 aliphatic rings. The molecular weight excluding hydrogens is 210 g/mol. The molecule has 0 N–H and O–H groups in total. The van der Waals surface area contributed by atoms with Gasteiger partial charge in [0.25, 0.3) is 5.69 Å². The maximum atomic E-state index is 10.4.